The summed E-state index contributed by atoms with van der Waals surface area (Å²) in [5, 5.41) is 12.9. The van der Waals surface area contributed by atoms with Gasteiger partial charge in [-0.25, -0.2) is 4.98 Å². The second kappa shape index (κ2) is 6.73. The van der Waals surface area contributed by atoms with Crippen LogP contribution in [0.2, 0.25) is 0 Å². The van der Waals surface area contributed by atoms with Gasteiger partial charge in [-0.3, -0.25) is 14.5 Å². The number of methoxy groups -OCH3 is 1. The molecule has 1 fully saturated rings. The van der Waals surface area contributed by atoms with Crippen LogP contribution in [0.3, 0.4) is 0 Å². The Balaban J connectivity index is 1.92. The third kappa shape index (κ3) is 2.80. The average molecular weight is 382 g/mol. The molecule has 2 aromatic heterocycles. The standard InChI is InChI=1S/C19H14N2O5S/c1-25-12-5-2-4-11(10-12)16(22)14-15(13-6-3-8-26-13)21(18(24)17(14)23)19-20-7-9-27-19/h2-10,15,22H,1H3/b16-14+. The number of carbonyl (C=O) groups excluding carboxylic acids is 2. The number of rotatable bonds is 4. The van der Waals surface area contributed by atoms with Gasteiger partial charge in [-0.1, -0.05) is 12.1 Å². The Labute approximate surface area is 158 Å². The molecular formula is C19H14N2O5S. The molecule has 7 nitrogen and oxygen atoms in total. The van der Waals surface area contributed by atoms with Crippen LogP contribution in [0.4, 0.5) is 5.13 Å². The quantitative estimate of drug-likeness (QED) is 0.422. The fraction of sp³-hybridized carbons (Fsp3) is 0.105. The van der Waals surface area contributed by atoms with E-state index in [1.165, 1.54) is 29.6 Å². The van der Waals surface area contributed by atoms with Crippen molar-refractivity contribution in [2.45, 2.75) is 6.04 Å². The summed E-state index contributed by atoms with van der Waals surface area (Å²) < 4.78 is 10.6. The van der Waals surface area contributed by atoms with Crippen LogP contribution in [0.15, 0.2) is 64.2 Å². The number of aliphatic hydroxyl groups excluding tert-OH is 1. The van der Waals surface area contributed by atoms with Crippen LogP contribution < -0.4 is 9.64 Å². The SMILES string of the molecule is COc1cccc(/C(O)=C2\C(=O)C(=O)N(c3nccs3)C2c2ccco2)c1. The second-order valence-electron chi connectivity index (χ2n) is 5.73. The predicted octanol–water partition coefficient (Wildman–Crippen LogP) is 3.37. The summed E-state index contributed by atoms with van der Waals surface area (Å²) >= 11 is 1.22. The molecular weight excluding hydrogens is 368 g/mol. The van der Waals surface area contributed by atoms with Gasteiger partial charge in [-0.2, -0.15) is 0 Å². The molecule has 0 saturated carbocycles. The number of nitrogens with zero attached hydrogens (tertiary/aromatic N) is 2. The van der Waals surface area contributed by atoms with Crippen LogP contribution in [-0.4, -0.2) is 28.9 Å². The molecule has 0 aliphatic carbocycles. The topological polar surface area (TPSA) is 92.9 Å². The Morgan fingerprint density at radius 3 is 2.81 bits per heavy atom. The molecule has 3 aromatic rings. The summed E-state index contributed by atoms with van der Waals surface area (Å²) in [6.07, 6.45) is 2.99. The smallest absolute Gasteiger partial charge is 0.302 e. The number of amides is 1. The summed E-state index contributed by atoms with van der Waals surface area (Å²) in [5.74, 6) is -0.994. The van der Waals surface area contributed by atoms with Crippen molar-refractivity contribution in [2.75, 3.05) is 12.0 Å². The van der Waals surface area contributed by atoms with E-state index in [1.807, 2.05) is 0 Å². The second-order valence-corrected chi connectivity index (χ2v) is 6.60. The molecule has 1 unspecified atom stereocenters. The van der Waals surface area contributed by atoms with Crippen molar-refractivity contribution in [3.63, 3.8) is 0 Å². The van der Waals surface area contributed by atoms with Gasteiger partial charge >= 0.3 is 5.91 Å². The van der Waals surface area contributed by atoms with E-state index >= 15 is 0 Å². The molecule has 136 valence electrons. The Bertz CT molecular complexity index is 1020. The third-order valence-corrected chi connectivity index (χ3v) is 5.00. The maximum absolute atomic E-state index is 12.8. The number of ether oxygens (including phenoxy) is 1. The van der Waals surface area contributed by atoms with Gasteiger partial charge in [-0.15, -0.1) is 11.3 Å². The molecule has 1 aliphatic heterocycles. The Hall–Kier alpha value is -3.39. The number of benzene rings is 1. The van der Waals surface area contributed by atoms with Gasteiger partial charge in [0.15, 0.2) is 5.13 Å². The van der Waals surface area contributed by atoms with E-state index in [2.05, 4.69) is 4.98 Å². The number of aromatic nitrogens is 1. The first-order valence-corrected chi connectivity index (χ1v) is 8.88. The number of Topliss-reactive ketones (excluding diaryl/α,β-unsaturated/α-hetero) is 1. The lowest BCUT2D eigenvalue weighted by atomic mass is 9.99. The van der Waals surface area contributed by atoms with Crippen LogP contribution in [0, 0.1) is 0 Å². The zero-order chi connectivity index (χ0) is 19.0. The molecule has 4 rings (SSSR count). The average Bonchev–Trinajstić information content (AvgIpc) is 3.43. The molecule has 27 heavy (non-hydrogen) atoms. The molecule has 1 saturated heterocycles. The highest BCUT2D eigenvalue weighted by Crippen LogP contribution is 2.42. The third-order valence-electron chi connectivity index (χ3n) is 4.23. The van der Waals surface area contributed by atoms with Crippen molar-refractivity contribution in [2.24, 2.45) is 0 Å². The summed E-state index contributed by atoms with van der Waals surface area (Å²) in [6, 6.07) is 9.03. The van der Waals surface area contributed by atoms with Crippen molar-refractivity contribution in [1.29, 1.82) is 0 Å². The minimum Gasteiger partial charge on any atom is -0.507 e. The van der Waals surface area contributed by atoms with Gasteiger partial charge < -0.3 is 14.3 Å². The lowest BCUT2D eigenvalue weighted by Crippen LogP contribution is -2.29. The number of anilines is 1. The van der Waals surface area contributed by atoms with Crippen LogP contribution in [0.1, 0.15) is 17.4 Å². The Kier molecular flexibility index (Phi) is 4.25. The molecule has 0 spiro atoms. The molecule has 1 N–H and O–H groups in total. The van der Waals surface area contributed by atoms with Crippen LogP contribution in [0.25, 0.3) is 5.76 Å². The first-order valence-electron chi connectivity index (χ1n) is 8.00. The summed E-state index contributed by atoms with van der Waals surface area (Å²) in [5.41, 5.74) is 0.307. The highest BCUT2D eigenvalue weighted by molar-refractivity contribution is 7.14. The molecule has 1 aliphatic rings. The molecule has 0 radical (unpaired) electrons. The number of carbonyl (C=O) groups is 2. The predicted molar refractivity (Wildman–Crippen MR) is 98.6 cm³/mol. The summed E-state index contributed by atoms with van der Waals surface area (Å²) in [4.78, 5) is 30.9. The van der Waals surface area contributed by atoms with Gasteiger partial charge in [-0.05, 0) is 24.3 Å². The number of ketones is 1. The van der Waals surface area contributed by atoms with E-state index < -0.39 is 17.7 Å². The van der Waals surface area contributed by atoms with Crippen molar-refractivity contribution in [1.82, 2.24) is 4.98 Å². The zero-order valence-electron chi connectivity index (χ0n) is 14.2. The Morgan fingerprint density at radius 1 is 1.30 bits per heavy atom. The van der Waals surface area contributed by atoms with Crippen molar-refractivity contribution in [3.8, 4) is 5.75 Å². The number of hydrogen-bond acceptors (Lipinski definition) is 7. The highest BCUT2D eigenvalue weighted by atomic mass is 32.1. The highest BCUT2D eigenvalue weighted by Gasteiger charge is 2.49. The summed E-state index contributed by atoms with van der Waals surface area (Å²) in [7, 11) is 1.50. The largest absolute Gasteiger partial charge is 0.507 e. The van der Waals surface area contributed by atoms with Crippen LogP contribution in [-0.2, 0) is 9.59 Å². The molecule has 0 bridgehead atoms. The van der Waals surface area contributed by atoms with E-state index in [9.17, 15) is 14.7 Å². The van der Waals surface area contributed by atoms with Crippen LogP contribution >= 0.6 is 11.3 Å². The van der Waals surface area contributed by atoms with Gasteiger partial charge in [0.25, 0.3) is 5.78 Å². The zero-order valence-corrected chi connectivity index (χ0v) is 15.0. The van der Waals surface area contributed by atoms with Gasteiger partial charge in [0.1, 0.15) is 23.3 Å². The Morgan fingerprint density at radius 2 is 2.15 bits per heavy atom. The number of hydrogen-bond donors (Lipinski definition) is 1. The maximum atomic E-state index is 12.8. The lowest BCUT2D eigenvalue weighted by Gasteiger charge is -2.20. The van der Waals surface area contributed by atoms with Gasteiger partial charge in [0.2, 0.25) is 0 Å². The lowest BCUT2D eigenvalue weighted by molar-refractivity contribution is -0.132. The number of aliphatic hydroxyl groups is 1. The maximum Gasteiger partial charge on any atom is 0.302 e. The van der Waals surface area contributed by atoms with Crippen molar-refractivity contribution >= 4 is 33.9 Å². The van der Waals surface area contributed by atoms with E-state index in [4.69, 9.17) is 9.15 Å². The first-order chi connectivity index (χ1) is 13.1. The molecule has 8 heteroatoms. The van der Waals surface area contributed by atoms with Gasteiger partial charge in [0.05, 0.1) is 18.9 Å². The normalized spacial score (nSPS) is 18.9. The fourth-order valence-electron chi connectivity index (χ4n) is 3.01. The fourth-order valence-corrected chi connectivity index (χ4v) is 3.67. The number of furan rings is 1. The van der Waals surface area contributed by atoms with Crippen LogP contribution in [0.5, 0.6) is 5.75 Å². The molecule has 1 atom stereocenters. The van der Waals surface area contributed by atoms with E-state index in [0.717, 1.165) is 0 Å². The summed E-state index contributed by atoms with van der Waals surface area (Å²) in [6.45, 7) is 0. The van der Waals surface area contributed by atoms with Gasteiger partial charge in [0, 0.05) is 17.1 Å². The monoisotopic (exact) mass is 382 g/mol. The minimum atomic E-state index is -0.905. The number of thiazole rings is 1. The van der Waals surface area contributed by atoms with E-state index in [-0.39, 0.29) is 11.3 Å². The molecule has 1 amide bonds. The van der Waals surface area contributed by atoms with E-state index in [1.54, 1.807) is 48.0 Å². The molecule has 3 heterocycles. The van der Waals surface area contributed by atoms with Crippen molar-refractivity contribution in [3.05, 3.63) is 71.1 Å². The minimum absolute atomic E-state index is 0.0570. The first kappa shape index (κ1) is 17.0. The molecule has 1 aromatic carbocycles. The van der Waals surface area contributed by atoms with E-state index in [0.29, 0.717) is 22.2 Å². The van der Waals surface area contributed by atoms with Crippen molar-refractivity contribution < 1.29 is 23.8 Å².